The van der Waals surface area contributed by atoms with Crippen LogP contribution in [0, 0.1) is 23.5 Å². The van der Waals surface area contributed by atoms with Crippen LogP contribution in [0.5, 0.6) is 5.75 Å². The van der Waals surface area contributed by atoms with Gasteiger partial charge in [0.15, 0.2) is 11.6 Å². The second-order valence-corrected chi connectivity index (χ2v) is 5.83. The standard InChI is InChI=1S/C21H17F2N3O2/c22-18-7-8-20(19(23)13-18)28-12-2-1-9-25-21(27)17-5-3-16(4-6-17)14-26-11-10-24-15-26/h3-8,10-11,13,15H,9,12,14H2,(H,25,27). The van der Waals surface area contributed by atoms with Crippen LogP contribution in [0.3, 0.4) is 0 Å². The predicted molar refractivity (Wildman–Crippen MR) is 99.7 cm³/mol. The smallest absolute Gasteiger partial charge is 0.252 e. The number of ether oxygens (including phenoxy) is 1. The third-order valence-electron chi connectivity index (χ3n) is 3.80. The fraction of sp³-hybridized carbons (Fsp3) is 0.143. The highest BCUT2D eigenvalue weighted by molar-refractivity contribution is 5.94. The van der Waals surface area contributed by atoms with Crippen LogP contribution in [-0.4, -0.2) is 28.6 Å². The molecule has 0 aliphatic carbocycles. The number of nitrogens with one attached hydrogen (secondary N) is 1. The summed E-state index contributed by atoms with van der Waals surface area (Å²) in [7, 11) is 0. The summed E-state index contributed by atoms with van der Waals surface area (Å²) in [5, 5.41) is 2.67. The number of imidazole rings is 1. The van der Waals surface area contributed by atoms with Gasteiger partial charge < -0.3 is 14.6 Å². The summed E-state index contributed by atoms with van der Waals surface area (Å²) < 4.78 is 33.2. The van der Waals surface area contributed by atoms with Gasteiger partial charge in [-0.3, -0.25) is 4.79 Å². The van der Waals surface area contributed by atoms with Crippen molar-refractivity contribution < 1.29 is 18.3 Å². The Morgan fingerprint density at radius 1 is 1.14 bits per heavy atom. The highest BCUT2D eigenvalue weighted by atomic mass is 19.1. The van der Waals surface area contributed by atoms with Gasteiger partial charge in [-0.25, -0.2) is 13.8 Å². The van der Waals surface area contributed by atoms with E-state index in [1.165, 1.54) is 6.07 Å². The molecule has 0 radical (unpaired) electrons. The van der Waals surface area contributed by atoms with Gasteiger partial charge >= 0.3 is 0 Å². The van der Waals surface area contributed by atoms with Gasteiger partial charge in [-0.05, 0) is 29.8 Å². The summed E-state index contributed by atoms with van der Waals surface area (Å²) in [6, 6.07) is 10.3. The quantitative estimate of drug-likeness (QED) is 0.668. The second-order valence-electron chi connectivity index (χ2n) is 5.83. The van der Waals surface area contributed by atoms with E-state index in [-0.39, 0.29) is 24.8 Å². The Morgan fingerprint density at radius 2 is 1.96 bits per heavy atom. The zero-order chi connectivity index (χ0) is 19.8. The first kappa shape index (κ1) is 19.1. The number of benzene rings is 2. The summed E-state index contributed by atoms with van der Waals surface area (Å²) in [5.41, 5.74) is 1.58. The lowest BCUT2D eigenvalue weighted by molar-refractivity contribution is 0.0958. The summed E-state index contributed by atoms with van der Waals surface area (Å²) in [6.45, 7) is 0.744. The molecule has 0 spiro atoms. The van der Waals surface area contributed by atoms with E-state index in [1.807, 2.05) is 22.9 Å². The lowest BCUT2D eigenvalue weighted by atomic mass is 10.1. The molecule has 0 atom stereocenters. The fourth-order valence-electron chi connectivity index (χ4n) is 2.40. The van der Waals surface area contributed by atoms with Crippen LogP contribution in [0.15, 0.2) is 61.2 Å². The molecule has 3 aromatic rings. The lowest BCUT2D eigenvalue weighted by Gasteiger charge is -2.05. The molecule has 5 nitrogen and oxygen atoms in total. The average molecular weight is 381 g/mol. The first-order chi connectivity index (χ1) is 13.6. The number of halogens is 2. The Kier molecular flexibility index (Phi) is 6.37. The number of hydrogen-bond donors (Lipinski definition) is 1. The van der Waals surface area contributed by atoms with E-state index in [9.17, 15) is 13.6 Å². The summed E-state index contributed by atoms with van der Waals surface area (Å²) in [6.07, 6.45) is 5.31. The predicted octanol–water partition coefficient (Wildman–Crippen LogP) is 3.02. The van der Waals surface area contributed by atoms with Crippen LogP contribution < -0.4 is 10.1 Å². The van der Waals surface area contributed by atoms with Gasteiger partial charge in [0.25, 0.3) is 5.91 Å². The highest BCUT2D eigenvalue weighted by Gasteiger charge is 2.05. The third kappa shape index (κ3) is 5.42. The fourth-order valence-corrected chi connectivity index (χ4v) is 2.40. The molecule has 0 aliphatic heterocycles. The number of amides is 1. The van der Waals surface area contributed by atoms with Crippen LogP contribution in [-0.2, 0) is 6.54 Å². The molecule has 0 saturated heterocycles. The van der Waals surface area contributed by atoms with Gasteiger partial charge in [0.05, 0.1) is 12.9 Å². The highest BCUT2D eigenvalue weighted by Crippen LogP contribution is 2.17. The molecule has 3 rings (SSSR count). The minimum atomic E-state index is -0.786. The van der Waals surface area contributed by atoms with Crippen molar-refractivity contribution in [2.45, 2.75) is 6.54 Å². The third-order valence-corrected chi connectivity index (χ3v) is 3.80. The first-order valence-electron chi connectivity index (χ1n) is 8.48. The van der Waals surface area contributed by atoms with Gasteiger partial charge in [-0.1, -0.05) is 24.0 Å². The number of aromatic nitrogens is 2. The molecule has 0 aliphatic rings. The monoisotopic (exact) mass is 381 g/mol. The summed E-state index contributed by atoms with van der Waals surface area (Å²) in [5.74, 6) is 3.60. The molecular weight excluding hydrogens is 364 g/mol. The van der Waals surface area contributed by atoms with Crippen LogP contribution in [0.4, 0.5) is 8.78 Å². The van der Waals surface area contributed by atoms with E-state index in [1.54, 1.807) is 24.7 Å². The van der Waals surface area contributed by atoms with Gasteiger partial charge in [0, 0.05) is 30.6 Å². The minimum Gasteiger partial charge on any atom is -0.478 e. The maximum Gasteiger partial charge on any atom is 0.252 e. The molecule has 0 unspecified atom stereocenters. The molecule has 0 fully saturated rings. The van der Waals surface area contributed by atoms with Crippen molar-refractivity contribution in [1.82, 2.24) is 14.9 Å². The van der Waals surface area contributed by atoms with Gasteiger partial charge in [-0.2, -0.15) is 0 Å². The maximum absolute atomic E-state index is 13.4. The van der Waals surface area contributed by atoms with Crippen LogP contribution in [0.2, 0.25) is 0 Å². The van der Waals surface area contributed by atoms with Crippen molar-refractivity contribution in [3.05, 3.63) is 83.9 Å². The molecule has 1 N–H and O–H groups in total. The molecule has 7 heteroatoms. The average Bonchev–Trinajstić information content (AvgIpc) is 3.19. The van der Waals surface area contributed by atoms with E-state index in [2.05, 4.69) is 22.1 Å². The van der Waals surface area contributed by atoms with Crippen molar-refractivity contribution in [1.29, 1.82) is 0 Å². The second kappa shape index (κ2) is 9.33. The van der Waals surface area contributed by atoms with E-state index in [0.29, 0.717) is 12.1 Å². The Morgan fingerprint density at radius 3 is 2.68 bits per heavy atom. The van der Waals surface area contributed by atoms with Crippen LogP contribution in [0.1, 0.15) is 15.9 Å². The molecule has 0 bridgehead atoms. The first-order valence-corrected chi connectivity index (χ1v) is 8.48. The van der Waals surface area contributed by atoms with E-state index < -0.39 is 11.6 Å². The molecule has 142 valence electrons. The van der Waals surface area contributed by atoms with Crippen LogP contribution in [0.25, 0.3) is 0 Å². The normalized spacial score (nSPS) is 10.1. The molecule has 1 amide bonds. The van der Waals surface area contributed by atoms with Crippen molar-refractivity contribution >= 4 is 5.91 Å². The SMILES string of the molecule is O=C(NCC#CCOc1ccc(F)cc1F)c1ccc(Cn2ccnc2)cc1. The minimum absolute atomic E-state index is 0.0681. The van der Waals surface area contributed by atoms with Crippen molar-refractivity contribution in [3.63, 3.8) is 0 Å². The van der Waals surface area contributed by atoms with Crippen LogP contribution >= 0.6 is 0 Å². The molecular formula is C21H17F2N3O2. The Bertz CT molecular complexity index is 991. The maximum atomic E-state index is 13.4. The van der Waals surface area contributed by atoms with E-state index in [0.717, 1.165) is 17.7 Å². The topological polar surface area (TPSA) is 56.1 Å². The summed E-state index contributed by atoms with van der Waals surface area (Å²) in [4.78, 5) is 16.1. The zero-order valence-corrected chi connectivity index (χ0v) is 14.9. The van der Waals surface area contributed by atoms with Crippen molar-refractivity contribution in [3.8, 4) is 17.6 Å². The Balaban J connectivity index is 1.42. The number of rotatable bonds is 6. The number of carbonyl (C=O) groups excluding carboxylic acids is 1. The van der Waals surface area contributed by atoms with Crippen molar-refractivity contribution in [2.24, 2.45) is 0 Å². The summed E-state index contributed by atoms with van der Waals surface area (Å²) >= 11 is 0. The number of nitrogens with zero attached hydrogens (tertiary/aromatic N) is 2. The lowest BCUT2D eigenvalue weighted by Crippen LogP contribution is -2.23. The zero-order valence-electron chi connectivity index (χ0n) is 14.9. The Hall–Kier alpha value is -3.66. The Labute approximate surface area is 161 Å². The van der Waals surface area contributed by atoms with Gasteiger partial charge in [0.1, 0.15) is 12.4 Å². The number of carbonyl (C=O) groups is 1. The number of hydrogen-bond acceptors (Lipinski definition) is 3. The molecule has 28 heavy (non-hydrogen) atoms. The van der Waals surface area contributed by atoms with Gasteiger partial charge in [-0.15, -0.1) is 0 Å². The van der Waals surface area contributed by atoms with Crippen molar-refractivity contribution in [2.75, 3.05) is 13.2 Å². The van der Waals surface area contributed by atoms with Gasteiger partial charge in [0.2, 0.25) is 0 Å². The molecule has 1 aromatic heterocycles. The molecule has 1 heterocycles. The largest absolute Gasteiger partial charge is 0.478 e. The molecule has 2 aromatic carbocycles. The molecule has 0 saturated carbocycles. The van der Waals surface area contributed by atoms with E-state index in [4.69, 9.17) is 4.74 Å². The van der Waals surface area contributed by atoms with E-state index >= 15 is 0 Å².